The van der Waals surface area contributed by atoms with Crippen LogP contribution < -0.4 is 0 Å². The average molecular weight is 372 g/mol. The van der Waals surface area contributed by atoms with E-state index in [1.54, 1.807) is 0 Å². The number of allylic oxidation sites excluding steroid dienone is 3. The third-order valence-electron chi connectivity index (χ3n) is 3.19. The second-order valence-electron chi connectivity index (χ2n) is 4.44. The van der Waals surface area contributed by atoms with Gasteiger partial charge in [-0.1, -0.05) is 0 Å². The summed E-state index contributed by atoms with van der Waals surface area (Å²) in [6.07, 6.45) is 0. The van der Waals surface area contributed by atoms with Crippen molar-refractivity contribution in [2.45, 2.75) is 34.6 Å². The van der Waals surface area contributed by atoms with Crippen molar-refractivity contribution in [2.24, 2.45) is 16.8 Å². The molecule has 15 heavy (non-hydrogen) atoms. The molecule has 0 saturated heterocycles. The molecular weight excluding hydrogens is 354 g/mol. The van der Waals surface area contributed by atoms with Gasteiger partial charge in [-0.3, -0.25) is 0 Å². The zero-order chi connectivity index (χ0) is 11.7. The monoisotopic (exact) mass is 372 g/mol. The van der Waals surface area contributed by atoms with Crippen molar-refractivity contribution in [3.63, 3.8) is 0 Å². The number of rotatable bonds is 3. The fourth-order valence-electron chi connectivity index (χ4n) is 1.91. The summed E-state index contributed by atoms with van der Waals surface area (Å²) < 4.78 is 1.47. The Bertz CT molecular complexity index is 372. The van der Waals surface area contributed by atoms with Crippen molar-refractivity contribution in [2.75, 3.05) is 0 Å². The van der Waals surface area contributed by atoms with Crippen LogP contribution in [0.5, 0.6) is 0 Å². The molecule has 1 aliphatic rings. The third-order valence-corrected chi connectivity index (χ3v) is 5.62. The molecule has 1 aliphatic carbocycles. The summed E-state index contributed by atoms with van der Waals surface area (Å²) >= 11 is 1.53. The van der Waals surface area contributed by atoms with Crippen molar-refractivity contribution in [3.05, 3.63) is 22.4 Å². The second-order valence-corrected chi connectivity index (χ2v) is 6.02. The van der Waals surface area contributed by atoms with Crippen molar-refractivity contribution in [1.29, 1.82) is 0 Å². The van der Waals surface area contributed by atoms with E-state index in [4.69, 9.17) is 6.72 Å². The van der Waals surface area contributed by atoms with Gasteiger partial charge in [-0.05, 0) is 0 Å². The zero-order valence-corrected chi connectivity index (χ0v) is 13.0. The van der Waals surface area contributed by atoms with Crippen LogP contribution >= 0.6 is 0 Å². The number of nitrogens with zero attached hydrogens (tertiary/aromatic N) is 1. The van der Waals surface area contributed by atoms with Gasteiger partial charge < -0.3 is 0 Å². The van der Waals surface area contributed by atoms with Crippen molar-refractivity contribution >= 4 is 10.6 Å². The molecule has 1 atom stereocenters. The van der Waals surface area contributed by atoms with Crippen LogP contribution in [0.4, 0.5) is 0 Å². The molecule has 0 bridgehead atoms. The van der Waals surface area contributed by atoms with Crippen molar-refractivity contribution in [3.8, 4) is 0 Å². The third kappa shape index (κ3) is 2.13. The molecule has 0 saturated carbocycles. The first-order chi connectivity index (χ1) is 6.91. The van der Waals surface area contributed by atoms with Crippen molar-refractivity contribution in [1.82, 2.24) is 0 Å². The molecule has 0 heterocycles. The van der Waals surface area contributed by atoms with Crippen LogP contribution in [0, 0.1) is 11.8 Å². The maximum atomic E-state index is 5.51. The molecule has 0 radical (unpaired) electrons. The molecule has 0 N–H and O–H groups in total. The van der Waals surface area contributed by atoms with Crippen molar-refractivity contribution < 1.29 is 19.4 Å². The van der Waals surface area contributed by atoms with Crippen LogP contribution in [0.25, 0.3) is 0 Å². The molecule has 1 unspecified atom stereocenters. The molecule has 0 amide bonds. The molecule has 0 aromatic carbocycles. The molecule has 0 aliphatic heterocycles. The molecular formula is C13H18NW-. The van der Waals surface area contributed by atoms with Gasteiger partial charge in [0.15, 0.2) is 0 Å². The van der Waals surface area contributed by atoms with Gasteiger partial charge >= 0.3 is 104 Å². The SMILES string of the molecule is [CH-]=NC1=C([C](=[W])C(C)C)C(C)=C(C)C1C. The minimum atomic E-state index is 0.387. The van der Waals surface area contributed by atoms with Crippen LogP contribution in [0.3, 0.4) is 0 Å². The Morgan fingerprint density at radius 1 is 1.40 bits per heavy atom. The predicted molar refractivity (Wildman–Crippen MR) is 62.9 cm³/mol. The molecule has 0 aromatic heterocycles. The fraction of sp³-hybridized carbons (Fsp3) is 0.538. The summed E-state index contributed by atoms with van der Waals surface area (Å²) in [7, 11) is 0. The quantitative estimate of drug-likeness (QED) is 0.533. The number of hydrogen-bond donors (Lipinski definition) is 0. The van der Waals surface area contributed by atoms with Gasteiger partial charge in [-0.2, -0.15) is 0 Å². The fourth-order valence-corrected chi connectivity index (χ4v) is 2.84. The molecule has 0 aromatic rings. The van der Waals surface area contributed by atoms with Gasteiger partial charge in [0.1, 0.15) is 0 Å². The van der Waals surface area contributed by atoms with Gasteiger partial charge in [0.2, 0.25) is 0 Å². The molecule has 82 valence electrons. The Labute approximate surface area is 104 Å². The van der Waals surface area contributed by atoms with Gasteiger partial charge in [0.05, 0.1) is 0 Å². The Hall–Kier alpha value is -0.292. The van der Waals surface area contributed by atoms with E-state index in [-0.39, 0.29) is 0 Å². The first-order valence-electron chi connectivity index (χ1n) is 5.28. The first kappa shape index (κ1) is 12.8. The second kappa shape index (κ2) is 4.70. The van der Waals surface area contributed by atoms with E-state index in [0.29, 0.717) is 11.8 Å². The van der Waals surface area contributed by atoms with Crippen LogP contribution in [0.2, 0.25) is 0 Å². The van der Waals surface area contributed by atoms with E-state index in [1.807, 2.05) is 0 Å². The van der Waals surface area contributed by atoms with E-state index < -0.39 is 0 Å². The Morgan fingerprint density at radius 2 is 1.93 bits per heavy atom. The summed E-state index contributed by atoms with van der Waals surface area (Å²) in [5.74, 6) is 0.970. The van der Waals surface area contributed by atoms with E-state index in [9.17, 15) is 0 Å². The van der Waals surface area contributed by atoms with E-state index in [0.717, 1.165) is 5.70 Å². The average Bonchev–Trinajstić information content (AvgIpc) is 2.41. The molecule has 1 rings (SSSR count). The first-order valence-corrected chi connectivity index (χ1v) is 6.75. The van der Waals surface area contributed by atoms with Crippen LogP contribution in [-0.2, 0) is 19.4 Å². The Morgan fingerprint density at radius 3 is 2.33 bits per heavy atom. The number of aliphatic imine (C=N–C) groups is 1. The van der Waals surface area contributed by atoms with Crippen LogP contribution in [-0.4, -0.2) is 10.6 Å². The molecule has 1 nitrogen and oxygen atoms in total. The van der Waals surface area contributed by atoms with E-state index in [2.05, 4.69) is 39.6 Å². The minimum absolute atomic E-state index is 0.387. The summed E-state index contributed by atoms with van der Waals surface area (Å²) in [5, 5.41) is 0. The topological polar surface area (TPSA) is 12.4 Å². The summed E-state index contributed by atoms with van der Waals surface area (Å²) in [6, 6.07) is 0. The van der Waals surface area contributed by atoms with Gasteiger partial charge in [-0.15, -0.1) is 0 Å². The molecule has 0 spiro atoms. The van der Waals surface area contributed by atoms with Gasteiger partial charge in [-0.25, -0.2) is 0 Å². The zero-order valence-electron chi connectivity index (χ0n) is 10.1. The Kier molecular flexibility index (Phi) is 4.00. The van der Waals surface area contributed by atoms with Gasteiger partial charge in [0.25, 0.3) is 0 Å². The predicted octanol–water partition coefficient (Wildman–Crippen LogP) is 3.18. The van der Waals surface area contributed by atoms with Crippen LogP contribution in [0.15, 0.2) is 27.4 Å². The Balaban J connectivity index is 3.28. The molecule has 2 heteroatoms. The maximum absolute atomic E-state index is 5.51. The van der Waals surface area contributed by atoms with Crippen LogP contribution in [0.1, 0.15) is 34.6 Å². The van der Waals surface area contributed by atoms with E-state index >= 15 is 0 Å². The number of hydrogen-bond acceptors (Lipinski definition) is 1. The standard InChI is InChI=1S/C13H18N.W/c1-8(2)7-12-10(4)9(3)11(5)13(12)14-6;/h6,8,11H,1-5H3;/q-1;. The van der Waals surface area contributed by atoms with E-state index in [1.165, 1.54) is 40.0 Å². The van der Waals surface area contributed by atoms with Gasteiger partial charge in [0, 0.05) is 0 Å². The summed E-state index contributed by atoms with van der Waals surface area (Å²) in [4.78, 5) is 3.98. The summed E-state index contributed by atoms with van der Waals surface area (Å²) in [5.41, 5.74) is 5.19. The molecule has 0 fully saturated rings. The summed E-state index contributed by atoms with van der Waals surface area (Å²) in [6.45, 7) is 16.5. The normalized spacial score (nSPS) is 21.6.